The van der Waals surface area contributed by atoms with E-state index >= 15 is 0 Å². The lowest BCUT2D eigenvalue weighted by molar-refractivity contribution is -0.141. The molecular weight excluding hydrogens is 354 g/mol. The molecule has 0 aliphatic rings. The van der Waals surface area contributed by atoms with Gasteiger partial charge in [0.25, 0.3) is 0 Å². The third-order valence-corrected chi connectivity index (χ3v) is 3.45. The number of hydrogen-bond acceptors (Lipinski definition) is 2. The average molecular weight is 368 g/mol. The van der Waals surface area contributed by atoms with Gasteiger partial charge >= 0.3 is 12.0 Å². The summed E-state index contributed by atoms with van der Waals surface area (Å²) < 4.78 is 13.3. The van der Waals surface area contributed by atoms with Gasteiger partial charge in [-0.25, -0.2) is 9.18 Å². The van der Waals surface area contributed by atoms with E-state index in [0.717, 1.165) is 6.07 Å². The second-order valence-corrected chi connectivity index (χ2v) is 5.41. The van der Waals surface area contributed by atoms with Crippen LogP contribution in [0.2, 0.25) is 5.02 Å². The maximum Gasteiger partial charge on any atom is 0.319 e. The molecule has 110 valence electrons. The molecule has 8 heteroatoms. The minimum absolute atomic E-state index is 0.0610. The minimum atomic E-state index is -0.920. The molecule has 0 heterocycles. The molecular formula is C12H13BrClFN2O3. The molecule has 0 spiro atoms. The van der Waals surface area contributed by atoms with Gasteiger partial charge in [0.2, 0.25) is 0 Å². The molecule has 3 N–H and O–H groups in total. The number of carbonyl (C=O) groups excluding carboxylic acids is 1. The van der Waals surface area contributed by atoms with Crippen LogP contribution >= 0.6 is 27.5 Å². The van der Waals surface area contributed by atoms with Crippen LogP contribution < -0.4 is 10.6 Å². The van der Waals surface area contributed by atoms with Crippen LogP contribution in [0.4, 0.5) is 14.9 Å². The van der Waals surface area contributed by atoms with E-state index in [9.17, 15) is 14.0 Å². The summed E-state index contributed by atoms with van der Waals surface area (Å²) in [5, 5.41) is 13.7. The van der Waals surface area contributed by atoms with Crippen molar-refractivity contribution in [3.05, 3.63) is 27.4 Å². The number of benzene rings is 1. The first-order valence-corrected chi connectivity index (χ1v) is 6.90. The predicted octanol–water partition coefficient (Wildman–Crippen LogP) is 3.47. The fourth-order valence-electron chi connectivity index (χ4n) is 1.35. The highest BCUT2D eigenvalue weighted by Gasteiger charge is 2.13. The maximum atomic E-state index is 13.0. The van der Waals surface area contributed by atoms with Crippen LogP contribution in [-0.4, -0.2) is 23.7 Å². The first kappa shape index (κ1) is 16.7. The van der Waals surface area contributed by atoms with Crippen LogP contribution in [0.1, 0.15) is 13.3 Å². The van der Waals surface area contributed by atoms with Crippen molar-refractivity contribution in [3.63, 3.8) is 0 Å². The summed E-state index contributed by atoms with van der Waals surface area (Å²) >= 11 is 8.91. The average Bonchev–Trinajstić information content (AvgIpc) is 2.33. The highest BCUT2D eigenvalue weighted by atomic mass is 79.9. The second-order valence-electron chi connectivity index (χ2n) is 4.15. The van der Waals surface area contributed by atoms with Crippen LogP contribution in [0.5, 0.6) is 0 Å². The van der Waals surface area contributed by atoms with E-state index in [1.54, 1.807) is 6.92 Å². The fourth-order valence-corrected chi connectivity index (χ4v) is 2.24. The number of anilines is 1. The Labute approximate surface area is 128 Å². The van der Waals surface area contributed by atoms with Gasteiger partial charge in [0.05, 0.1) is 16.6 Å². The molecule has 20 heavy (non-hydrogen) atoms. The van der Waals surface area contributed by atoms with Gasteiger partial charge in [0, 0.05) is 11.0 Å². The largest absolute Gasteiger partial charge is 0.481 e. The van der Waals surface area contributed by atoms with E-state index in [1.165, 1.54) is 6.07 Å². The zero-order chi connectivity index (χ0) is 15.3. The van der Waals surface area contributed by atoms with Gasteiger partial charge in [-0.3, -0.25) is 4.79 Å². The third kappa shape index (κ3) is 4.97. The Morgan fingerprint density at radius 3 is 2.70 bits per heavy atom. The Hall–Kier alpha value is -1.34. The summed E-state index contributed by atoms with van der Waals surface area (Å²) in [4.78, 5) is 22.2. The number of carboxylic acids is 1. The van der Waals surface area contributed by atoms with E-state index in [2.05, 4.69) is 26.6 Å². The first-order chi connectivity index (χ1) is 9.31. The van der Waals surface area contributed by atoms with E-state index in [4.69, 9.17) is 16.7 Å². The van der Waals surface area contributed by atoms with Gasteiger partial charge in [-0.2, -0.15) is 0 Å². The SMILES string of the molecule is CC(CCNC(=O)Nc1c(Cl)cc(F)cc1Br)C(=O)O. The van der Waals surface area contributed by atoms with Crippen molar-refractivity contribution in [2.75, 3.05) is 11.9 Å². The molecule has 0 aromatic heterocycles. The number of nitrogens with one attached hydrogen (secondary N) is 2. The molecule has 0 bridgehead atoms. The van der Waals surface area contributed by atoms with Crippen molar-refractivity contribution < 1.29 is 19.1 Å². The zero-order valence-corrected chi connectivity index (χ0v) is 12.9. The minimum Gasteiger partial charge on any atom is -0.481 e. The molecule has 1 atom stereocenters. The Morgan fingerprint density at radius 2 is 2.15 bits per heavy atom. The summed E-state index contributed by atoms with van der Waals surface area (Å²) in [6.45, 7) is 1.76. The highest BCUT2D eigenvalue weighted by molar-refractivity contribution is 9.10. The molecule has 1 aromatic rings. The molecule has 1 rings (SSSR count). The van der Waals surface area contributed by atoms with Gasteiger partial charge in [-0.1, -0.05) is 18.5 Å². The van der Waals surface area contributed by atoms with Crippen LogP contribution in [0.25, 0.3) is 0 Å². The van der Waals surface area contributed by atoms with E-state index in [-0.39, 0.29) is 17.3 Å². The predicted molar refractivity (Wildman–Crippen MR) is 77.5 cm³/mol. The van der Waals surface area contributed by atoms with Crippen LogP contribution in [-0.2, 0) is 4.79 Å². The van der Waals surface area contributed by atoms with Crippen molar-refractivity contribution in [2.45, 2.75) is 13.3 Å². The van der Waals surface area contributed by atoms with Crippen molar-refractivity contribution in [2.24, 2.45) is 5.92 Å². The molecule has 5 nitrogen and oxygen atoms in total. The van der Waals surface area contributed by atoms with Crippen LogP contribution in [0, 0.1) is 11.7 Å². The number of rotatable bonds is 5. The van der Waals surface area contributed by atoms with Gasteiger partial charge in [0.1, 0.15) is 5.82 Å². The Balaban J connectivity index is 2.53. The van der Waals surface area contributed by atoms with Crippen molar-refractivity contribution in [1.82, 2.24) is 5.32 Å². The molecule has 2 amide bonds. The monoisotopic (exact) mass is 366 g/mol. The van der Waals surface area contributed by atoms with Crippen molar-refractivity contribution in [1.29, 1.82) is 0 Å². The number of aliphatic carboxylic acids is 1. The number of carboxylic acid groups (broad SMARTS) is 1. The second kappa shape index (κ2) is 7.44. The molecule has 0 saturated heterocycles. The zero-order valence-electron chi connectivity index (χ0n) is 10.5. The summed E-state index contributed by atoms with van der Waals surface area (Å²) in [6, 6.07) is 1.71. The number of carbonyl (C=O) groups is 2. The fraction of sp³-hybridized carbons (Fsp3) is 0.333. The van der Waals surface area contributed by atoms with E-state index < -0.39 is 23.7 Å². The van der Waals surface area contributed by atoms with Gasteiger partial charge in [-0.05, 0) is 34.5 Å². The Bertz CT molecular complexity index is 504. The normalized spacial score (nSPS) is 11.8. The molecule has 1 unspecified atom stereocenters. The summed E-state index contributed by atoms with van der Waals surface area (Å²) in [5.41, 5.74) is 0.247. The number of halogens is 3. The Morgan fingerprint density at radius 1 is 1.50 bits per heavy atom. The van der Waals surface area contributed by atoms with Crippen molar-refractivity contribution in [3.8, 4) is 0 Å². The molecule has 0 fully saturated rings. The van der Waals surface area contributed by atoms with Crippen molar-refractivity contribution >= 4 is 45.2 Å². The number of urea groups is 1. The molecule has 0 saturated carbocycles. The smallest absolute Gasteiger partial charge is 0.319 e. The molecule has 0 aliphatic carbocycles. The lowest BCUT2D eigenvalue weighted by Gasteiger charge is -2.11. The number of hydrogen-bond donors (Lipinski definition) is 3. The van der Waals surface area contributed by atoms with E-state index in [1.807, 2.05) is 0 Å². The van der Waals surface area contributed by atoms with Crippen LogP contribution in [0.15, 0.2) is 16.6 Å². The van der Waals surface area contributed by atoms with Gasteiger partial charge in [0.15, 0.2) is 0 Å². The first-order valence-electron chi connectivity index (χ1n) is 5.73. The van der Waals surface area contributed by atoms with E-state index in [0.29, 0.717) is 10.9 Å². The molecule has 0 radical (unpaired) electrons. The van der Waals surface area contributed by atoms with Crippen LogP contribution in [0.3, 0.4) is 0 Å². The van der Waals surface area contributed by atoms with Gasteiger partial charge in [-0.15, -0.1) is 0 Å². The molecule has 0 aliphatic heterocycles. The standard InChI is InChI=1S/C12H13BrClFN2O3/c1-6(11(18)19)2-3-16-12(20)17-10-8(13)4-7(15)5-9(10)14/h4-6H,2-3H2,1H3,(H,18,19)(H2,16,17,20). The summed E-state index contributed by atoms with van der Waals surface area (Å²) in [7, 11) is 0. The quantitative estimate of drug-likeness (QED) is 0.745. The lowest BCUT2D eigenvalue weighted by atomic mass is 10.1. The third-order valence-electron chi connectivity index (χ3n) is 2.53. The van der Waals surface area contributed by atoms with Gasteiger partial charge < -0.3 is 15.7 Å². The summed E-state index contributed by atoms with van der Waals surface area (Å²) in [6.07, 6.45) is 0.307. The highest BCUT2D eigenvalue weighted by Crippen LogP contribution is 2.31. The topological polar surface area (TPSA) is 78.4 Å². The number of amides is 2. The molecule has 1 aromatic carbocycles. The Kier molecular flexibility index (Phi) is 6.22. The lowest BCUT2D eigenvalue weighted by Crippen LogP contribution is -2.31. The maximum absolute atomic E-state index is 13.0. The summed E-state index contributed by atoms with van der Waals surface area (Å²) in [5.74, 6) is -1.99.